The van der Waals surface area contributed by atoms with Gasteiger partial charge in [0.2, 0.25) is 0 Å². The number of benzene rings is 2. The van der Waals surface area contributed by atoms with Gasteiger partial charge in [0.05, 0.1) is 11.1 Å². The number of likely N-dealkylation sites (tertiary alicyclic amines) is 1. The lowest BCUT2D eigenvalue weighted by molar-refractivity contribution is 0.0696. The van der Waals surface area contributed by atoms with Crippen molar-refractivity contribution in [3.05, 3.63) is 72.1 Å². The molecule has 0 spiro atoms. The van der Waals surface area contributed by atoms with Gasteiger partial charge in [0.1, 0.15) is 17.7 Å². The van der Waals surface area contributed by atoms with Crippen LogP contribution < -0.4 is 4.74 Å². The zero-order valence-corrected chi connectivity index (χ0v) is 16.5. The Labute approximate surface area is 170 Å². The second-order valence-corrected chi connectivity index (χ2v) is 7.50. The Hall–Kier alpha value is -3.12. The molecule has 1 aliphatic heterocycles. The lowest BCUT2D eigenvalue weighted by atomic mass is 10.1. The van der Waals surface area contributed by atoms with E-state index in [-0.39, 0.29) is 11.7 Å². The second-order valence-electron chi connectivity index (χ2n) is 7.50. The molecule has 0 amide bonds. The minimum Gasteiger partial charge on any atom is -0.490 e. The summed E-state index contributed by atoms with van der Waals surface area (Å²) in [5, 5.41) is 9.24. The molecule has 29 heavy (non-hydrogen) atoms. The maximum Gasteiger partial charge on any atom is 0.335 e. The van der Waals surface area contributed by atoms with E-state index in [1.54, 1.807) is 24.4 Å². The van der Waals surface area contributed by atoms with Crippen molar-refractivity contribution in [3.8, 4) is 17.1 Å². The number of piperidine rings is 1. The lowest BCUT2D eigenvalue weighted by Crippen LogP contribution is -2.35. The van der Waals surface area contributed by atoms with Crippen LogP contribution in [0.1, 0.15) is 28.8 Å². The van der Waals surface area contributed by atoms with Crippen LogP contribution in [0.5, 0.6) is 5.75 Å². The molecule has 3 aromatic rings. The normalized spacial score (nSPS) is 15.3. The van der Waals surface area contributed by atoms with Crippen molar-refractivity contribution in [2.24, 2.45) is 0 Å². The van der Waals surface area contributed by atoms with Gasteiger partial charge in [0.15, 0.2) is 0 Å². The van der Waals surface area contributed by atoms with Crippen molar-refractivity contribution in [1.82, 2.24) is 14.5 Å². The van der Waals surface area contributed by atoms with Crippen LogP contribution in [0.3, 0.4) is 0 Å². The number of carboxylic acid groups (broad SMARTS) is 1. The highest BCUT2D eigenvalue weighted by Gasteiger charge is 2.20. The van der Waals surface area contributed by atoms with E-state index >= 15 is 0 Å². The first-order valence-corrected chi connectivity index (χ1v) is 9.88. The summed E-state index contributed by atoms with van der Waals surface area (Å²) in [5.74, 6) is 0.734. The Balaban J connectivity index is 1.58. The van der Waals surface area contributed by atoms with Gasteiger partial charge in [0, 0.05) is 32.0 Å². The number of carbonyl (C=O) groups is 1. The van der Waals surface area contributed by atoms with Gasteiger partial charge in [-0.1, -0.05) is 24.3 Å². The molecule has 1 N–H and O–H groups in total. The third-order valence-corrected chi connectivity index (χ3v) is 5.33. The van der Waals surface area contributed by atoms with Crippen LogP contribution in [0.4, 0.5) is 0 Å². The highest BCUT2D eigenvalue weighted by Crippen LogP contribution is 2.31. The van der Waals surface area contributed by atoms with Crippen molar-refractivity contribution < 1.29 is 14.6 Å². The van der Waals surface area contributed by atoms with E-state index in [1.165, 1.54) is 0 Å². The average molecular weight is 391 g/mol. The van der Waals surface area contributed by atoms with Crippen molar-refractivity contribution in [3.63, 3.8) is 0 Å². The van der Waals surface area contributed by atoms with Gasteiger partial charge >= 0.3 is 5.97 Å². The van der Waals surface area contributed by atoms with Crippen LogP contribution in [0.15, 0.2) is 60.9 Å². The van der Waals surface area contributed by atoms with E-state index in [9.17, 15) is 9.90 Å². The maximum atomic E-state index is 11.3. The Morgan fingerprint density at radius 2 is 1.97 bits per heavy atom. The maximum absolute atomic E-state index is 11.3. The van der Waals surface area contributed by atoms with Gasteiger partial charge in [-0.3, -0.25) is 0 Å². The van der Waals surface area contributed by atoms with Gasteiger partial charge < -0.3 is 19.3 Å². The first kappa shape index (κ1) is 19.2. The summed E-state index contributed by atoms with van der Waals surface area (Å²) in [5.41, 5.74) is 2.15. The summed E-state index contributed by atoms with van der Waals surface area (Å²) in [6, 6.07) is 15.0. The van der Waals surface area contributed by atoms with Crippen LogP contribution in [-0.2, 0) is 6.54 Å². The molecule has 0 bridgehead atoms. The molecule has 1 aliphatic rings. The molecule has 0 radical (unpaired) electrons. The first-order valence-electron chi connectivity index (χ1n) is 9.88. The summed E-state index contributed by atoms with van der Waals surface area (Å²) in [7, 11) is 2.14. The molecule has 0 atom stereocenters. The fraction of sp³-hybridized carbons (Fsp3) is 0.304. The van der Waals surface area contributed by atoms with Crippen LogP contribution in [0, 0.1) is 0 Å². The predicted octanol–water partition coefficient (Wildman–Crippen LogP) is 3.77. The van der Waals surface area contributed by atoms with Crippen LogP contribution in [0.2, 0.25) is 0 Å². The van der Waals surface area contributed by atoms with Crippen molar-refractivity contribution >= 4 is 5.97 Å². The number of carboxylic acids is 1. The minimum atomic E-state index is -0.922. The molecule has 1 saturated heterocycles. The Morgan fingerprint density at radius 3 is 2.76 bits per heavy atom. The molecular weight excluding hydrogens is 366 g/mol. The number of nitrogens with zero attached hydrogens (tertiary/aromatic N) is 3. The van der Waals surface area contributed by atoms with Crippen molar-refractivity contribution in [2.45, 2.75) is 25.5 Å². The minimum absolute atomic E-state index is 0.211. The van der Waals surface area contributed by atoms with Gasteiger partial charge in [-0.25, -0.2) is 9.78 Å². The molecule has 0 unspecified atom stereocenters. The number of imidazole rings is 1. The molecule has 6 heteroatoms. The SMILES string of the molecule is CN1CCC(Oc2ccccc2-c2nccn2Cc2cccc(C(=O)O)c2)CC1. The van der Waals surface area contributed by atoms with Gasteiger partial charge in [0.25, 0.3) is 0 Å². The molecule has 6 nitrogen and oxygen atoms in total. The number of para-hydroxylation sites is 1. The number of aromatic nitrogens is 2. The number of hydrogen-bond donors (Lipinski definition) is 1. The number of ether oxygens (including phenoxy) is 1. The summed E-state index contributed by atoms with van der Waals surface area (Å²) < 4.78 is 8.38. The van der Waals surface area contributed by atoms with E-state index < -0.39 is 5.97 Å². The third kappa shape index (κ3) is 4.49. The quantitative estimate of drug-likeness (QED) is 0.693. The second kappa shape index (κ2) is 8.49. The topological polar surface area (TPSA) is 67.6 Å². The number of rotatable bonds is 6. The van der Waals surface area contributed by atoms with E-state index in [0.717, 1.165) is 48.6 Å². The van der Waals surface area contributed by atoms with Crippen molar-refractivity contribution in [1.29, 1.82) is 0 Å². The highest BCUT2D eigenvalue weighted by atomic mass is 16.5. The molecule has 0 saturated carbocycles. The Morgan fingerprint density at radius 1 is 1.17 bits per heavy atom. The smallest absolute Gasteiger partial charge is 0.335 e. The largest absolute Gasteiger partial charge is 0.490 e. The molecule has 1 aromatic heterocycles. The van der Waals surface area contributed by atoms with Crippen molar-refractivity contribution in [2.75, 3.05) is 20.1 Å². The first-order chi connectivity index (χ1) is 14.1. The Kier molecular flexibility index (Phi) is 5.62. The lowest BCUT2D eigenvalue weighted by Gasteiger charge is -2.29. The fourth-order valence-electron chi connectivity index (χ4n) is 3.72. The zero-order valence-electron chi connectivity index (χ0n) is 16.5. The van der Waals surface area contributed by atoms with Gasteiger partial charge in [-0.15, -0.1) is 0 Å². The molecule has 1 fully saturated rings. The Bertz CT molecular complexity index is 990. The molecular formula is C23H25N3O3. The van der Waals surface area contributed by atoms with E-state index in [0.29, 0.717) is 6.54 Å². The van der Waals surface area contributed by atoms with Crippen LogP contribution in [0.25, 0.3) is 11.4 Å². The summed E-state index contributed by atoms with van der Waals surface area (Å²) >= 11 is 0. The zero-order chi connectivity index (χ0) is 20.2. The molecule has 2 heterocycles. The standard InChI is InChI=1S/C23H25N3O3/c1-25-12-9-19(10-13-25)29-21-8-3-2-7-20(21)22-24-11-14-26(22)16-17-5-4-6-18(15-17)23(27)28/h2-8,11,14-15,19H,9-10,12-13,16H2,1H3,(H,27,28). The number of hydrogen-bond acceptors (Lipinski definition) is 4. The predicted molar refractivity (Wildman–Crippen MR) is 111 cm³/mol. The van der Waals surface area contributed by atoms with E-state index in [2.05, 4.69) is 16.9 Å². The summed E-state index contributed by atoms with van der Waals surface area (Å²) in [6.45, 7) is 2.63. The average Bonchev–Trinajstić information content (AvgIpc) is 3.18. The highest BCUT2D eigenvalue weighted by molar-refractivity contribution is 5.87. The van der Waals surface area contributed by atoms with Gasteiger partial charge in [-0.2, -0.15) is 0 Å². The summed E-state index contributed by atoms with van der Waals surface area (Å²) in [6.07, 6.45) is 5.92. The van der Waals surface area contributed by atoms with Gasteiger partial charge in [-0.05, 0) is 49.7 Å². The fourth-order valence-corrected chi connectivity index (χ4v) is 3.72. The van der Waals surface area contributed by atoms with E-state index in [4.69, 9.17) is 4.74 Å². The number of aromatic carboxylic acids is 1. The molecule has 2 aromatic carbocycles. The molecule has 150 valence electrons. The van der Waals surface area contributed by atoms with Crippen LogP contribution >= 0.6 is 0 Å². The third-order valence-electron chi connectivity index (χ3n) is 5.33. The molecule has 4 rings (SSSR count). The molecule has 0 aliphatic carbocycles. The summed E-state index contributed by atoms with van der Waals surface area (Å²) in [4.78, 5) is 18.1. The van der Waals surface area contributed by atoms with E-state index in [1.807, 2.05) is 41.1 Å². The van der Waals surface area contributed by atoms with Crippen LogP contribution in [-0.4, -0.2) is 51.8 Å². The monoisotopic (exact) mass is 391 g/mol.